The minimum absolute atomic E-state index is 0.272. The summed E-state index contributed by atoms with van der Waals surface area (Å²) >= 11 is 1.31. The summed E-state index contributed by atoms with van der Waals surface area (Å²) < 4.78 is 2.07. The van der Waals surface area contributed by atoms with E-state index in [1.807, 2.05) is 0 Å². The third kappa shape index (κ3) is 3.86. The number of carbonyl (C=O) groups excluding carboxylic acids is 2. The van der Waals surface area contributed by atoms with Crippen molar-refractivity contribution in [3.63, 3.8) is 0 Å². The quantitative estimate of drug-likeness (QED) is 0.734. The highest BCUT2D eigenvalue weighted by Crippen LogP contribution is 2.14. The topological polar surface area (TPSA) is 101 Å². The Hall–Kier alpha value is -2.42. The molecule has 0 saturated carbocycles. The van der Waals surface area contributed by atoms with Gasteiger partial charge in [0.25, 0.3) is 5.91 Å². The maximum atomic E-state index is 11.8. The average molecular weight is 334 g/mol. The molecule has 0 unspecified atom stereocenters. The van der Waals surface area contributed by atoms with Crippen LogP contribution in [-0.4, -0.2) is 26.7 Å². The van der Waals surface area contributed by atoms with Crippen molar-refractivity contribution in [1.82, 2.24) is 30.9 Å². The van der Waals surface area contributed by atoms with Crippen LogP contribution in [0.3, 0.4) is 0 Å². The average Bonchev–Trinajstić information content (AvgIpc) is 3.16. The van der Waals surface area contributed by atoms with Gasteiger partial charge in [0.15, 0.2) is 5.82 Å². The first-order valence-corrected chi connectivity index (χ1v) is 8.40. The maximum Gasteiger partial charge on any atom is 0.333 e. The van der Waals surface area contributed by atoms with Crippen LogP contribution in [0.1, 0.15) is 40.6 Å². The van der Waals surface area contributed by atoms with E-state index in [0.29, 0.717) is 4.88 Å². The molecule has 2 aromatic heterocycles. The Kier molecular flexibility index (Phi) is 4.86. The summed E-state index contributed by atoms with van der Waals surface area (Å²) in [5, 5.41) is 12.8. The summed E-state index contributed by atoms with van der Waals surface area (Å²) in [5.41, 5.74) is 4.68. The highest BCUT2D eigenvalue weighted by atomic mass is 32.1. The fourth-order valence-corrected chi connectivity index (χ4v) is 3.08. The van der Waals surface area contributed by atoms with Gasteiger partial charge in [0.1, 0.15) is 5.82 Å². The van der Waals surface area contributed by atoms with E-state index < -0.39 is 6.03 Å². The molecule has 2 aromatic rings. The Labute approximate surface area is 137 Å². The van der Waals surface area contributed by atoms with E-state index >= 15 is 0 Å². The SMILES string of the molecule is O=C(NCc1nnc2n1CCCCC2)NNC(=O)c1cccs1. The van der Waals surface area contributed by atoms with Crippen LogP contribution in [0.25, 0.3) is 0 Å². The fourth-order valence-electron chi connectivity index (χ4n) is 2.46. The van der Waals surface area contributed by atoms with Crippen LogP contribution in [0.2, 0.25) is 0 Å². The van der Waals surface area contributed by atoms with Crippen LogP contribution in [0, 0.1) is 0 Å². The molecule has 0 atom stereocenters. The number of urea groups is 1. The van der Waals surface area contributed by atoms with E-state index in [9.17, 15) is 9.59 Å². The van der Waals surface area contributed by atoms with Crippen molar-refractivity contribution in [2.24, 2.45) is 0 Å². The number of nitrogens with one attached hydrogen (secondary N) is 3. The van der Waals surface area contributed by atoms with Crippen molar-refractivity contribution in [3.05, 3.63) is 34.0 Å². The largest absolute Gasteiger partial charge is 0.333 e. The molecular formula is C14H18N6O2S. The molecule has 8 nitrogen and oxygen atoms in total. The van der Waals surface area contributed by atoms with Crippen LogP contribution in [0.15, 0.2) is 17.5 Å². The Morgan fingerprint density at radius 3 is 2.96 bits per heavy atom. The normalized spacial score (nSPS) is 13.7. The number of hydrogen-bond acceptors (Lipinski definition) is 5. The van der Waals surface area contributed by atoms with Crippen LogP contribution in [0.4, 0.5) is 4.79 Å². The van der Waals surface area contributed by atoms with Gasteiger partial charge in [0, 0.05) is 13.0 Å². The van der Waals surface area contributed by atoms with Gasteiger partial charge in [-0.15, -0.1) is 21.5 Å². The molecule has 0 bridgehead atoms. The number of aromatic nitrogens is 3. The highest BCUT2D eigenvalue weighted by Gasteiger charge is 2.15. The first-order valence-electron chi connectivity index (χ1n) is 7.52. The molecule has 3 amide bonds. The molecule has 23 heavy (non-hydrogen) atoms. The summed E-state index contributed by atoms with van der Waals surface area (Å²) in [7, 11) is 0. The number of rotatable bonds is 3. The molecule has 3 N–H and O–H groups in total. The van der Waals surface area contributed by atoms with Crippen LogP contribution < -0.4 is 16.2 Å². The first kappa shape index (κ1) is 15.5. The standard InChI is InChI=1S/C14H18N6O2S/c21-13(10-5-4-8-23-10)18-19-14(22)15-9-12-17-16-11-6-2-1-3-7-20(11)12/h4-5,8H,1-3,6-7,9H2,(H,18,21)(H2,15,19,22). The second-order valence-corrected chi connectivity index (χ2v) is 6.18. The fraction of sp³-hybridized carbons (Fsp3) is 0.429. The summed E-state index contributed by atoms with van der Waals surface area (Å²) in [6.07, 6.45) is 4.34. The van der Waals surface area contributed by atoms with Crippen LogP contribution >= 0.6 is 11.3 Å². The molecule has 0 fully saturated rings. The lowest BCUT2D eigenvalue weighted by molar-refractivity contribution is 0.0940. The predicted octanol–water partition coefficient (Wildman–Crippen LogP) is 1.21. The third-order valence-electron chi connectivity index (χ3n) is 3.63. The van der Waals surface area contributed by atoms with Gasteiger partial charge < -0.3 is 9.88 Å². The zero-order valence-corrected chi connectivity index (χ0v) is 13.4. The lowest BCUT2D eigenvalue weighted by Gasteiger charge is -2.09. The third-order valence-corrected chi connectivity index (χ3v) is 4.50. The number of amides is 3. The van der Waals surface area contributed by atoms with E-state index in [0.717, 1.165) is 37.5 Å². The Bertz CT molecular complexity index is 682. The Morgan fingerprint density at radius 2 is 2.13 bits per heavy atom. The van der Waals surface area contributed by atoms with Gasteiger partial charge in [-0.25, -0.2) is 10.2 Å². The number of hydrazine groups is 1. The van der Waals surface area contributed by atoms with Gasteiger partial charge in [0.05, 0.1) is 11.4 Å². The second kappa shape index (κ2) is 7.23. The van der Waals surface area contributed by atoms with E-state index in [-0.39, 0.29) is 12.5 Å². The van der Waals surface area contributed by atoms with Crippen molar-refractivity contribution in [2.45, 2.75) is 38.8 Å². The molecule has 0 aliphatic carbocycles. The zero-order valence-electron chi connectivity index (χ0n) is 12.5. The van der Waals surface area contributed by atoms with Crippen molar-refractivity contribution >= 4 is 23.3 Å². The monoisotopic (exact) mass is 334 g/mol. The number of thiophene rings is 1. The highest BCUT2D eigenvalue weighted by molar-refractivity contribution is 7.12. The van der Waals surface area contributed by atoms with Crippen molar-refractivity contribution in [3.8, 4) is 0 Å². The van der Waals surface area contributed by atoms with E-state index in [1.54, 1.807) is 17.5 Å². The smallest absolute Gasteiger partial charge is 0.329 e. The van der Waals surface area contributed by atoms with E-state index in [4.69, 9.17) is 0 Å². The molecule has 0 radical (unpaired) electrons. The second-order valence-electron chi connectivity index (χ2n) is 5.23. The summed E-state index contributed by atoms with van der Waals surface area (Å²) in [4.78, 5) is 24.0. The number of aryl methyl sites for hydroxylation is 1. The summed E-state index contributed by atoms with van der Waals surface area (Å²) in [5.74, 6) is 1.37. The minimum atomic E-state index is -0.485. The molecule has 0 aromatic carbocycles. The molecule has 9 heteroatoms. The number of nitrogens with zero attached hydrogens (tertiary/aromatic N) is 3. The molecular weight excluding hydrogens is 316 g/mol. The molecule has 3 rings (SSSR count). The molecule has 3 heterocycles. The van der Waals surface area contributed by atoms with Crippen molar-refractivity contribution < 1.29 is 9.59 Å². The molecule has 1 aliphatic rings. The number of fused-ring (bicyclic) bond motifs is 1. The van der Waals surface area contributed by atoms with Crippen molar-refractivity contribution in [2.75, 3.05) is 0 Å². The van der Waals surface area contributed by atoms with E-state index in [1.165, 1.54) is 17.8 Å². The number of carbonyl (C=O) groups is 2. The zero-order chi connectivity index (χ0) is 16.1. The summed E-state index contributed by atoms with van der Waals surface area (Å²) in [6.45, 7) is 1.16. The van der Waals surface area contributed by atoms with Crippen molar-refractivity contribution in [1.29, 1.82) is 0 Å². The first-order chi connectivity index (χ1) is 11.2. The molecule has 0 saturated heterocycles. The Balaban J connectivity index is 1.48. The Morgan fingerprint density at radius 1 is 1.22 bits per heavy atom. The van der Waals surface area contributed by atoms with Gasteiger partial charge in [0.2, 0.25) is 0 Å². The lowest BCUT2D eigenvalue weighted by atomic mass is 10.2. The number of hydrogen-bond donors (Lipinski definition) is 3. The predicted molar refractivity (Wildman–Crippen MR) is 84.7 cm³/mol. The van der Waals surface area contributed by atoms with Crippen LogP contribution in [0.5, 0.6) is 0 Å². The maximum absolute atomic E-state index is 11.8. The van der Waals surface area contributed by atoms with Crippen LogP contribution in [-0.2, 0) is 19.5 Å². The molecule has 0 spiro atoms. The molecule has 1 aliphatic heterocycles. The minimum Gasteiger partial charge on any atom is -0.329 e. The van der Waals surface area contributed by atoms with Gasteiger partial charge in [-0.1, -0.05) is 12.5 Å². The van der Waals surface area contributed by atoms with Gasteiger partial charge in [-0.2, -0.15) is 0 Å². The van der Waals surface area contributed by atoms with E-state index in [2.05, 4.69) is 30.9 Å². The molecule has 122 valence electrons. The van der Waals surface area contributed by atoms with Gasteiger partial charge in [-0.3, -0.25) is 10.2 Å². The van der Waals surface area contributed by atoms with Gasteiger partial charge >= 0.3 is 6.03 Å². The van der Waals surface area contributed by atoms with Gasteiger partial charge in [-0.05, 0) is 24.3 Å². The summed E-state index contributed by atoms with van der Waals surface area (Å²) in [6, 6.07) is 2.97. The lowest BCUT2D eigenvalue weighted by Crippen LogP contribution is -2.46.